The third kappa shape index (κ3) is 4.41. The fourth-order valence-corrected chi connectivity index (χ4v) is 2.68. The first-order chi connectivity index (χ1) is 13.9. The van der Waals surface area contributed by atoms with Crippen molar-refractivity contribution >= 4 is 29.1 Å². The summed E-state index contributed by atoms with van der Waals surface area (Å²) in [6, 6.07) is 12.8. The molecule has 1 heterocycles. The minimum absolute atomic E-state index is 0.217. The number of hydrogen-bond donors (Lipinski definition) is 3. The van der Waals surface area contributed by atoms with E-state index in [9.17, 15) is 14.4 Å². The minimum Gasteiger partial charge on any atom is -0.479 e. The van der Waals surface area contributed by atoms with Crippen molar-refractivity contribution in [1.29, 1.82) is 0 Å². The van der Waals surface area contributed by atoms with Crippen molar-refractivity contribution in [3.63, 3.8) is 0 Å². The van der Waals surface area contributed by atoms with Crippen molar-refractivity contribution in [2.24, 2.45) is 12.8 Å². The predicted octanol–water partition coefficient (Wildman–Crippen LogP) is 2.03. The van der Waals surface area contributed by atoms with Gasteiger partial charge in [0.1, 0.15) is 5.56 Å². The van der Waals surface area contributed by atoms with Crippen molar-refractivity contribution in [1.82, 2.24) is 9.78 Å². The number of carbonyl (C=O) groups excluding carboxylic acids is 3. The van der Waals surface area contributed by atoms with Crippen LogP contribution in [0.5, 0.6) is 5.88 Å². The van der Waals surface area contributed by atoms with E-state index >= 15 is 0 Å². The number of anilines is 2. The van der Waals surface area contributed by atoms with Crippen LogP contribution in [0.1, 0.15) is 31.1 Å². The van der Waals surface area contributed by atoms with Gasteiger partial charge >= 0.3 is 0 Å². The summed E-state index contributed by atoms with van der Waals surface area (Å²) < 4.78 is 6.56. The van der Waals surface area contributed by atoms with E-state index in [-0.39, 0.29) is 17.4 Å². The smallest absolute Gasteiger partial charge is 0.262 e. The highest BCUT2D eigenvalue weighted by Crippen LogP contribution is 2.19. The van der Waals surface area contributed by atoms with Gasteiger partial charge in [-0.25, -0.2) is 0 Å². The maximum Gasteiger partial charge on any atom is 0.262 e. The Morgan fingerprint density at radius 3 is 2.31 bits per heavy atom. The molecule has 9 heteroatoms. The summed E-state index contributed by atoms with van der Waals surface area (Å²) in [5, 5.41) is 9.41. The molecule has 2 aromatic carbocycles. The number of ether oxygens (including phenoxy) is 1. The van der Waals surface area contributed by atoms with Crippen molar-refractivity contribution in [2.75, 3.05) is 17.7 Å². The molecule has 0 bridgehead atoms. The molecule has 0 aliphatic carbocycles. The highest BCUT2D eigenvalue weighted by atomic mass is 16.5. The summed E-state index contributed by atoms with van der Waals surface area (Å²) in [6.07, 6.45) is 1.55. The molecule has 0 aliphatic heterocycles. The van der Waals surface area contributed by atoms with Crippen LogP contribution < -0.4 is 21.1 Å². The molecule has 0 saturated carbocycles. The molecular weight excluding hydrogens is 374 g/mol. The third-order valence-corrected chi connectivity index (χ3v) is 4.08. The minimum atomic E-state index is -0.634. The van der Waals surface area contributed by atoms with Crippen LogP contribution in [0, 0.1) is 0 Å². The number of nitrogens with one attached hydrogen (secondary N) is 2. The number of para-hydroxylation sites is 1. The van der Waals surface area contributed by atoms with Crippen molar-refractivity contribution in [3.05, 3.63) is 71.4 Å². The predicted molar refractivity (Wildman–Crippen MR) is 107 cm³/mol. The highest BCUT2D eigenvalue weighted by Gasteiger charge is 2.17. The standard InChI is InChI=1S/C20H19N5O4/c1-25-11-15(20(24-25)29-2)19(28)22-13-9-7-12(8-10-13)18(27)23-16-6-4-3-5-14(16)17(21)26/h3-11H,1-2H3,(H2,21,26)(H,22,28)(H,23,27). The second-order valence-corrected chi connectivity index (χ2v) is 6.12. The topological polar surface area (TPSA) is 128 Å². The van der Waals surface area contributed by atoms with Gasteiger partial charge in [-0.2, -0.15) is 0 Å². The maximum absolute atomic E-state index is 12.5. The first-order valence-electron chi connectivity index (χ1n) is 8.58. The number of aryl methyl sites for hydroxylation is 1. The lowest BCUT2D eigenvalue weighted by Gasteiger charge is -2.09. The van der Waals surface area contributed by atoms with Crippen LogP contribution >= 0.6 is 0 Å². The lowest BCUT2D eigenvalue weighted by atomic mass is 10.1. The van der Waals surface area contributed by atoms with E-state index in [4.69, 9.17) is 10.5 Å². The first-order valence-corrected chi connectivity index (χ1v) is 8.58. The van der Waals surface area contributed by atoms with Crippen LogP contribution in [0.2, 0.25) is 0 Å². The zero-order valence-electron chi connectivity index (χ0n) is 15.8. The van der Waals surface area contributed by atoms with Crippen LogP contribution in [0.4, 0.5) is 11.4 Å². The number of nitrogens with zero attached hydrogens (tertiary/aromatic N) is 2. The average Bonchev–Trinajstić information content (AvgIpc) is 3.09. The Bertz CT molecular complexity index is 1070. The monoisotopic (exact) mass is 393 g/mol. The summed E-state index contributed by atoms with van der Waals surface area (Å²) in [5.74, 6) is -1.22. The average molecular weight is 393 g/mol. The molecule has 0 unspecified atom stereocenters. The van der Waals surface area contributed by atoms with Gasteiger partial charge in [0.15, 0.2) is 0 Å². The number of hydrogen-bond acceptors (Lipinski definition) is 5. The number of amides is 3. The Hall–Kier alpha value is -4.14. The zero-order chi connectivity index (χ0) is 21.0. The second-order valence-electron chi connectivity index (χ2n) is 6.12. The van der Waals surface area contributed by atoms with E-state index in [1.54, 1.807) is 55.7 Å². The first kappa shape index (κ1) is 19.6. The fourth-order valence-electron chi connectivity index (χ4n) is 2.68. The van der Waals surface area contributed by atoms with Gasteiger partial charge in [-0.3, -0.25) is 19.1 Å². The summed E-state index contributed by atoms with van der Waals surface area (Å²) >= 11 is 0. The molecule has 0 radical (unpaired) electrons. The Morgan fingerprint density at radius 2 is 1.66 bits per heavy atom. The molecule has 0 saturated heterocycles. The Labute approximate surface area is 166 Å². The number of aromatic nitrogens is 2. The SMILES string of the molecule is COc1nn(C)cc1C(=O)Nc1ccc(C(=O)Nc2ccccc2C(N)=O)cc1. The lowest BCUT2D eigenvalue weighted by Crippen LogP contribution is -2.18. The van der Waals surface area contributed by atoms with Gasteiger partial charge in [0, 0.05) is 24.5 Å². The Balaban J connectivity index is 1.71. The molecule has 0 aliphatic rings. The molecular formula is C20H19N5O4. The van der Waals surface area contributed by atoms with Gasteiger partial charge in [-0.05, 0) is 36.4 Å². The van der Waals surface area contributed by atoms with E-state index in [0.717, 1.165) is 0 Å². The van der Waals surface area contributed by atoms with Crippen LogP contribution in [-0.4, -0.2) is 34.6 Å². The van der Waals surface area contributed by atoms with E-state index in [2.05, 4.69) is 15.7 Å². The molecule has 1 aromatic heterocycles. The highest BCUT2D eigenvalue weighted by molar-refractivity contribution is 6.09. The van der Waals surface area contributed by atoms with Crippen LogP contribution in [0.15, 0.2) is 54.7 Å². The maximum atomic E-state index is 12.5. The van der Waals surface area contributed by atoms with Gasteiger partial charge in [0.25, 0.3) is 17.7 Å². The van der Waals surface area contributed by atoms with Crippen LogP contribution in [-0.2, 0) is 7.05 Å². The number of carbonyl (C=O) groups is 3. The van der Waals surface area contributed by atoms with Crippen molar-refractivity contribution in [2.45, 2.75) is 0 Å². The van der Waals surface area contributed by atoms with E-state index < -0.39 is 11.8 Å². The summed E-state index contributed by atoms with van der Waals surface area (Å²) in [6.45, 7) is 0. The molecule has 3 rings (SSSR count). The number of rotatable bonds is 6. The number of benzene rings is 2. The zero-order valence-corrected chi connectivity index (χ0v) is 15.8. The molecule has 0 atom stereocenters. The summed E-state index contributed by atoms with van der Waals surface area (Å²) in [5.41, 5.74) is 7.00. The third-order valence-electron chi connectivity index (χ3n) is 4.08. The molecule has 9 nitrogen and oxygen atoms in total. The fraction of sp³-hybridized carbons (Fsp3) is 0.100. The van der Waals surface area contributed by atoms with Gasteiger partial charge in [-0.15, -0.1) is 5.10 Å². The van der Waals surface area contributed by atoms with Gasteiger partial charge in [-0.1, -0.05) is 12.1 Å². The number of nitrogens with two attached hydrogens (primary N) is 1. The summed E-state index contributed by atoms with van der Waals surface area (Å²) in [7, 11) is 3.12. The van der Waals surface area contributed by atoms with Crippen LogP contribution in [0.3, 0.4) is 0 Å². The normalized spacial score (nSPS) is 10.3. The molecule has 29 heavy (non-hydrogen) atoms. The number of methoxy groups -OCH3 is 1. The largest absolute Gasteiger partial charge is 0.479 e. The molecule has 4 N–H and O–H groups in total. The van der Waals surface area contributed by atoms with E-state index in [0.29, 0.717) is 22.5 Å². The van der Waals surface area contributed by atoms with E-state index in [1.165, 1.54) is 17.9 Å². The molecule has 0 fully saturated rings. The van der Waals surface area contributed by atoms with Crippen molar-refractivity contribution in [3.8, 4) is 5.88 Å². The second kappa shape index (κ2) is 8.26. The van der Waals surface area contributed by atoms with Gasteiger partial charge < -0.3 is 21.1 Å². The molecule has 0 spiro atoms. The quantitative estimate of drug-likeness (QED) is 0.590. The van der Waals surface area contributed by atoms with Gasteiger partial charge in [0.2, 0.25) is 5.88 Å². The molecule has 3 aromatic rings. The van der Waals surface area contributed by atoms with Gasteiger partial charge in [0.05, 0.1) is 18.4 Å². The van der Waals surface area contributed by atoms with E-state index in [1.807, 2.05) is 0 Å². The number of primary amides is 1. The summed E-state index contributed by atoms with van der Waals surface area (Å²) in [4.78, 5) is 36.3. The lowest BCUT2D eigenvalue weighted by molar-refractivity contribution is 0.0997. The molecule has 148 valence electrons. The Morgan fingerprint density at radius 1 is 0.966 bits per heavy atom. The molecule has 3 amide bonds. The Kier molecular flexibility index (Phi) is 5.59. The van der Waals surface area contributed by atoms with Crippen molar-refractivity contribution < 1.29 is 19.1 Å². The van der Waals surface area contributed by atoms with Crippen LogP contribution in [0.25, 0.3) is 0 Å².